The van der Waals surface area contributed by atoms with Gasteiger partial charge in [-0.3, -0.25) is 0 Å². The average Bonchev–Trinajstić information content (AvgIpc) is 2.27. The van der Waals surface area contributed by atoms with E-state index in [4.69, 9.17) is 5.73 Å². The van der Waals surface area contributed by atoms with Crippen molar-refractivity contribution in [3.63, 3.8) is 0 Å². The van der Waals surface area contributed by atoms with Gasteiger partial charge in [0.25, 0.3) is 0 Å². The second-order valence-corrected chi connectivity index (χ2v) is 5.41. The minimum absolute atomic E-state index is 0.462. The van der Waals surface area contributed by atoms with Crippen LogP contribution in [0.4, 0.5) is 5.82 Å². The Morgan fingerprint density at radius 3 is 2.65 bits per heavy atom. The van der Waals surface area contributed by atoms with Gasteiger partial charge in [-0.25, -0.2) is 4.98 Å². The number of hydrogen-bond acceptors (Lipinski definition) is 4. The Morgan fingerprint density at radius 2 is 2.12 bits per heavy atom. The van der Waals surface area contributed by atoms with E-state index < -0.39 is 0 Å². The van der Waals surface area contributed by atoms with E-state index in [0.29, 0.717) is 12.6 Å². The number of aromatic nitrogens is 1. The lowest BCUT2D eigenvalue weighted by atomic mass is 10.1. The lowest BCUT2D eigenvalue weighted by Gasteiger charge is -2.28. The molecule has 1 aromatic heterocycles. The highest BCUT2D eigenvalue weighted by atomic mass is 32.2. The molecule has 0 aromatic carbocycles. The molecule has 1 heterocycles. The summed E-state index contributed by atoms with van der Waals surface area (Å²) in [5.41, 5.74) is 9.29. The zero-order valence-electron chi connectivity index (χ0n) is 11.4. The van der Waals surface area contributed by atoms with Crippen LogP contribution in [0.15, 0.2) is 6.07 Å². The summed E-state index contributed by atoms with van der Waals surface area (Å²) in [4.78, 5) is 6.88. The molecule has 0 aliphatic carbocycles. The van der Waals surface area contributed by atoms with Gasteiger partial charge < -0.3 is 10.6 Å². The first-order chi connectivity index (χ1) is 8.01. The Labute approximate surface area is 109 Å². The Morgan fingerprint density at radius 1 is 1.47 bits per heavy atom. The van der Waals surface area contributed by atoms with Gasteiger partial charge in [-0.2, -0.15) is 11.8 Å². The van der Waals surface area contributed by atoms with Crippen molar-refractivity contribution in [3.05, 3.63) is 22.9 Å². The standard InChI is InChI=1S/C13H23N3S/c1-9-6-10(2)15-13(12(9)7-14)16(4)11(3)8-17-5/h6,11H,7-8,14H2,1-5H3. The van der Waals surface area contributed by atoms with E-state index in [9.17, 15) is 0 Å². The molecule has 0 radical (unpaired) electrons. The van der Waals surface area contributed by atoms with Crippen molar-refractivity contribution < 1.29 is 0 Å². The molecule has 0 aliphatic rings. The predicted molar refractivity (Wildman–Crippen MR) is 77.8 cm³/mol. The summed E-state index contributed by atoms with van der Waals surface area (Å²) < 4.78 is 0. The fraction of sp³-hybridized carbons (Fsp3) is 0.615. The number of anilines is 1. The topological polar surface area (TPSA) is 42.2 Å². The summed E-state index contributed by atoms with van der Waals surface area (Å²) in [7, 11) is 2.10. The summed E-state index contributed by atoms with van der Waals surface area (Å²) in [6.45, 7) is 6.90. The van der Waals surface area contributed by atoms with Gasteiger partial charge in [-0.05, 0) is 38.7 Å². The fourth-order valence-corrected chi connectivity index (χ4v) is 2.66. The number of hydrogen-bond donors (Lipinski definition) is 1. The summed E-state index contributed by atoms with van der Waals surface area (Å²) in [6.07, 6.45) is 2.13. The monoisotopic (exact) mass is 253 g/mol. The second-order valence-electron chi connectivity index (χ2n) is 4.50. The molecule has 1 atom stereocenters. The normalized spacial score (nSPS) is 12.6. The Kier molecular flexibility index (Phi) is 5.28. The van der Waals surface area contributed by atoms with Gasteiger partial charge in [0, 0.05) is 36.6 Å². The molecule has 17 heavy (non-hydrogen) atoms. The van der Waals surface area contributed by atoms with Gasteiger partial charge in [0.1, 0.15) is 5.82 Å². The highest BCUT2D eigenvalue weighted by molar-refractivity contribution is 7.98. The van der Waals surface area contributed by atoms with Crippen molar-refractivity contribution >= 4 is 17.6 Å². The second kappa shape index (κ2) is 6.26. The van der Waals surface area contributed by atoms with Crippen LogP contribution in [0, 0.1) is 13.8 Å². The number of thioether (sulfide) groups is 1. The molecule has 0 spiro atoms. The molecule has 4 heteroatoms. The largest absolute Gasteiger partial charge is 0.356 e. The van der Waals surface area contributed by atoms with Gasteiger partial charge in [-0.15, -0.1) is 0 Å². The maximum atomic E-state index is 5.84. The van der Waals surface area contributed by atoms with Crippen molar-refractivity contribution in [2.45, 2.75) is 33.4 Å². The van der Waals surface area contributed by atoms with Crippen molar-refractivity contribution in [1.29, 1.82) is 0 Å². The molecule has 0 bridgehead atoms. The van der Waals surface area contributed by atoms with Crippen LogP contribution < -0.4 is 10.6 Å². The smallest absolute Gasteiger partial charge is 0.133 e. The molecule has 0 amide bonds. The van der Waals surface area contributed by atoms with Crippen molar-refractivity contribution in [3.8, 4) is 0 Å². The molecular formula is C13H23N3S. The van der Waals surface area contributed by atoms with Crippen molar-refractivity contribution in [1.82, 2.24) is 4.98 Å². The first-order valence-corrected chi connectivity index (χ1v) is 7.29. The van der Waals surface area contributed by atoms with E-state index in [1.165, 1.54) is 5.56 Å². The third-order valence-electron chi connectivity index (χ3n) is 3.06. The summed E-state index contributed by atoms with van der Waals surface area (Å²) in [6, 6.07) is 2.56. The van der Waals surface area contributed by atoms with Crippen LogP contribution in [0.25, 0.3) is 0 Å². The van der Waals surface area contributed by atoms with E-state index in [0.717, 1.165) is 22.8 Å². The van der Waals surface area contributed by atoms with Crippen molar-refractivity contribution in [2.24, 2.45) is 5.73 Å². The average molecular weight is 253 g/mol. The molecule has 0 saturated carbocycles. The quantitative estimate of drug-likeness (QED) is 0.874. The maximum Gasteiger partial charge on any atom is 0.133 e. The molecule has 0 aliphatic heterocycles. The van der Waals surface area contributed by atoms with Crippen LogP contribution in [-0.2, 0) is 6.54 Å². The first kappa shape index (κ1) is 14.3. The Balaban J connectivity index is 3.11. The van der Waals surface area contributed by atoms with Gasteiger partial charge in [0.15, 0.2) is 0 Å². The molecule has 3 nitrogen and oxygen atoms in total. The molecular weight excluding hydrogens is 230 g/mol. The summed E-state index contributed by atoms with van der Waals surface area (Å²) in [5.74, 6) is 2.13. The minimum Gasteiger partial charge on any atom is -0.356 e. The molecule has 0 fully saturated rings. The van der Waals surface area contributed by atoms with Crippen LogP contribution in [0.2, 0.25) is 0 Å². The molecule has 1 aromatic rings. The minimum atomic E-state index is 0.462. The van der Waals surface area contributed by atoms with E-state index in [2.05, 4.69) is 43.1 Å². The number of nitrogens with two attached hydrogens (primary N) is 1. The third kappa shape index (κ3) is 3.36. The number of nitrogens with zero attached hydrogens (tertiary/aromatic N) is 2. The number of rotatable bonds is 5. The van der Waals surface area contributed by atoms with E-state index >= 15 is 0 Å². The van der Waals surface area contributed by atoms with E-state index in [-0.39, 0.29) is 0 Å². The lowest BCUT2D eigenvalue weighted by molar-refractivity contribution is 0.743. The Bertz CT molecular complexity index is 379. The summed E-state index contributed by atoms with van der Waals surface area (Å²) >= 11 is 1.85. The Hall–Kier alpha value is -0.740. The highest BCUT2D eigenvalue weighted by Crippen LogP contribution is 2.23. The zero-order chi connectivity index (χ0) is 13.0. The van der Waals surface area contributed by atoms with Gasteiger partial charge >= 0.3 is 0 Å². The highest BCUT2D eigenvalue weighted by Gasteiger charge is 2.16. The third-order valence-corrected chi connectivity index (χ3v) is 3.88. The zero-order valence-corrected chi connectivity index (χ0v) is 12.3. The SMILES string of the molecule is CSCC(C)N(C)c1nc(C)cc(C)c1CN. The van der Waals surface area contributed by atoms with E-state index in [1.807, 2.05) is 18.7 Å². The van der Waals surface area contributed by atoms with Crippen LogP contribution in [0.1, 0.15) is 23.7 Å². The molecule has 0 saturated heterocycles. The van der Waals surface area contributed by atoms with Crippen LogP contribution in [-0.4, -0.2) is 30.1 Å². The van der Waals surface area contributed by atoms with Crippen LogP contribution in [0.5, 0.6) is 0 Å². The fourth-order valence-electron chi connectivity index (χ4n) is 1.95. The van der Waals surface area contributed by atoms with Gasteiger partial charge in [0.2, 0.25) is 0 Å². The van der Waals surface area contributed by atoms with Crippen molar-refractivity contribution in [2.75, 3.05) is 24.0 Å². The molecule has 96 valence electrons. The van der Waals surface area contributed by atoms with Crippen LogP contribution >= 0.6 is 11.8 Å². The number of aryl methyl sites for hydroxylation is 2. The first-order valence-electron chi connectivity index (χ1n) is 5.90. The van der Waals surface area contributed by atoms with Gasteiger partial charge in [0.05, 0.1) is 0 Å². The lowest BCUT2D eigenvalue weighted by Crippen LogP contribution is -2.33. The molecule has 1 rings (SSSR count). The number of pyridine rings is 1. The van der Waals surface area contributed by atoms with Crippen LogP contribution in [0.3, 0.4) is 0 Å². The maximum absolute atomic E-state index is 5.84. The van der Waals surface area contributed by atoms with E-state index in [1.54, 1.807) is 0 Å². The van der Waals surface area contributed by atoms with Gasteiger partial charge in [-0.1, -0.05) is 0 Å². The summed E-state index contributed by atoms with van der Waals surface area (Å²) in [5, 5.41) is 0. The molecule has 2 N–H and O–H groups in total. The molecule has 1 unspecified atom stereocenters. The predicted octanol–water partition coefficient (Wildman–Crippen LogP) is 2.34.